The van der Waals surface area contributed by atoms with E-state index in [0.717, 1.165) is 19.4 Å². The molecule has 1 fully saturated rings. The number of anilines is 1. The zero-order valence-corrected chi connectivity index (χ0v) is 10.7. The smallest absolute Gasteiger partial charge is 0.276 e. The van der Waals surface area contributed by atoms with Crippen LogP contribution in [0.1, 0.15) is 19.8 Å². The second kappa shape index (κ2) is 5.07. The number of nitro groups is 1. The van der Waals surface area contributed by atoms with E-state index in [1.165, 1.54) is 12.1 Å². The van der Waals surface area contributed by atoms with E-state index in [1.807, 2.05) is 6.92 Å². The van der Waals surface area contributed by atoms with Crippen molar-refractivity contribution in [3.05, 3.63) is 27.4 Å². The van der Waals surface area contributed by atoms with Crippen LogP contribution in [0.4, 0.5) is 11.5 Å². The highest BCUT2D eigenvalue weighted by molar-refractivity contribution is 6.29. The number of ether oxygens (including phenoxy) is 1. The van der Waals surface area contributed by atoms with Crippen LogP contribution in [-0.2, 0) is 4.74 Å². The number of aromatic nitrogens is 1. The molecule has 1 atom stereocenters. The first-order valence-electron chi connectivity index (χ1n) is 5.66. The quantitative estimate of drug-likeness (QED) is 0.519. The molecule has 1 aliphatic heterocycles. The molecular weight excluding hydrogens is 258 g/mol. The number of hydrogen-bond donors (Lipinski definition) is 1. The fraction of sp³-hybridized carbons (Fsp3) is 0.545. The summed E-state index contributed by atoms with van der Waals surface area (Å²) in [4.78, 5) is 14.3. The Morgan fingerprint density at radius 2 is 2.39 bits per heavy atom. The van der Waals surface area contributed by atoms with Crippen molar-refractivity contribution in [2.24, 2.45) is 0 Å². The first kappa shape index (κ1) is 13.0. The molecule has 0 saturated carbocycles. The summed E-state index contributed by atoms with van der Waals surface area (Å²) in [6.07, 6.45) is 1.88. The lowest BCUT2D eigenvalue weighted by Crippen LogP contribution is -2.43. The van der Waals surface area contributed by atoms with E-state index in [9.17, 15) is 10.1 Å². The van der Waals surface area contributed by atoms with Crippen LogP contribution in [0.15, 0.2) is 12.1 Å². The molecule has 7 heteroatoms. The third-order valence-electron chi connectivity index (χ3n) is 2.86. The van der Waals surface area contributed by atoms with Gasteiger partial charge in [-0.15, -0.1) is 0 Å². The Balaban J connectivity index is 2.20. The topological polar surface area (TPSA) is 77.3 Å². The van der Waals surface area contributed by atoms with Crippen LogP contribution in [0.5, 0.6) is 0 Å². The summed E-state index contributed by atoms with van der Waals surface area (Å²) in [7, 11) is 0. The van der Waals surface area contributed by atoms with Crippen molar-refractivity contribution in [1.29, 1.82) is 0 Å². The van der Waals surface area contributed by atoms with E-state index in [2.05, 4.69) is 10.3 Å². The van der Waals surface area contributed by atoms with Gasteiger partial charge in [0.05, 0.1) is 29.2 Å². The molecule has 1 aromatic rings. The predicted molar refractivity (Wildman–Crippen MR) is 68.0 cm³/mol. The third kappa shape index (κ3) is 3.08. The molecule has 0 spiro atoms. The maximum absolute atomic E-state index is 10.7. The Hall–Kier alpha value is -1.40. The zero-order valence-electron chi connectivity index (χ0n) is 9.98. The van der Waals surface area contributed by atoms with Crippen LogP contribution in [0, 0.1) is 10.1 Å². The van der Waals surface area contributed by atoms with Crippen molar-refractivity contribution in [2.75, 3.05) is 18.5 Å². The first-order chi connectivity index (χ1) is 8.48. The van der Waals surface area contributed by atoms with Gasteiger partial charge >= 0.3 is 0 Å². The monoisotopic (exact) mass is 271 g/mol. The van der Waals surface area contributed by atoms with Gasteiger partial charge in [0.15, 0.2) is 0 Å². The largest absolute Gasteiger partial charge is 0.379 e. The maximum atomic E-state index is 10.7. The molecular formula is C11H14ClN3O3. The van der Waals surface area contributed by atoms with E-state index < -0.39 is 4.92 Å². The summed E-state index contributed by atoms with van der Waals surface area (Å²) < 4.78 is 5.41. The second-order valence-electron chi connectivity index (χ2n) is 4.63. The predicted octanol–water partition coefficient (Wildman–Crippen LogP) is 2.62. The number of rotatable bonds is 3. The Labute approximate surface area is 109 Å². The Morgan fingerprint density at radius 3 is 3.00 bits per heavy atom. The molecule has 0 aliphatic carbocycles. The lowest BCUT2D eigenvalue weighted by molar-refractivity contribution is -0.384. The molecule has 0 amide bonds. The number of pyridine rings is 1. The van der Waals surface area contributed by atoms with Gasteiger partial charge in [-0.2, -0.15) is 0 Å². The van der Waals surface area contributed by atoms with Gasteiger partial charge in [-0.25, -0.2) is 4.98 Å². The molecule has 1 N–H and O–H groups in total. The van der Waals surface area contributed by atoms with E-state index in [1.54, 1.807) is 0 Å². The Kier molecular flexibility index (Phi) is 3.68. The van der Waals surface area contributed by atoms with E-state index >= 15 is 0 Å². The van der Waals surface area contributed by atoms with Crippen molar-refractivity contribution in [3.8, 4) is 0 Å². The lowest BCUT2D eigenvalue weighted by Gasteiger charge is -2.34. The summed E-state index contributed by atoms with van der Waals surface area (Å²) in [5, 5.41) is 14.0. The van der Waals surface area contributed by atoms with Crippen molar-refractivity contribution >= 4 is 23.1 Å². The summed E-state index contributed by atoms with van der Waals surface area (Å²) in [6.45, 7) is 3.30. The van der Waals surface area contributed by atoms with Crippen LogP contribution in [0.2, 0.25) is 5.15 Å². The minimum atomic E-state index is -0.488. The molecule has 6 nitrogen and oxygen atoms in total. The Bertz CT molecular complexity index is 461. The average Bonchev–Trinajstić information content (AvgIpc) is 2.28. The van der Waals surface area contributed by atoms with Gasteiger partial charge in [-0.05, 0) is 19.8 Å². The van der Waals surface area contributed by atoms with Gasteiger partial charge < -0.3 is 10.1 Å². The molecule has 0 bridgehead atoms. The molecule has 2 rings (SSSR count). The molecule has 98 valence electrons. The molecule has 0 aromatic carbocycles. The van der Waals surface area contributed by atoms with E-state index in [0.29, 0.717) is 12.4 Å². The molecule has 0 radical (unpaired) electrons. The van der Waals surface area contributed by atoms with Crippen molar-refractivity contribution in [2.45, 2.75) is 25.3 Å². The number of nitrogens with one attached hydrogen (secondary N) is 1. The fourth-order valence-electron chi connectivity index (χ4n) is 1.99. The summed E-state index contributed by atoms with van der Waals surface area (Å²) >= 11 is 5.77. The lowest BCUT2D eigenvalue weighted by atomic mass is 9.95. The van der Waals surface area contributed by atoms with Gasteiger partial charge in [-0.3, -0.25) is 10.1 Å². The molecule has 1 saturated heterocycles. The van der Waals surface area contributed by atoms with E-state index in [4.69, 9.17) is 16.3 Å². The third-order valence-corrected chi connectivity index (χ3v) is 3.05. The summed E-state index contributed by atoms with van der Waals surface area (Å²) in [5.74, 6) is 0.405. The van der Waals surface area contributed by atoms with Crippen molar-refractivity contribution in [1.82, 2.24) is 4.98 Å². The highest BCUT2D eigenvalue weighted by atomic mass is 35.5. The normalized spacial score (nSPS) is 23.7. The van der Waals surface area contributed by atoms with Crippen molar-refractivity contribution < 1.29 is 9.66 Å². The number of nitrogens with zero attached hydrogens (tertiary/aromatic N) is 2. The highest BCUT2D eigenvalue weighted by Gasteiger charge is 2.28. The zero-order chi connectivity index (χ0) is 13.2. The van der Waals surface area contributed by atoms with Crippen LogP contribution in [0.25, 0.3) is 0 Å². The average molecular weight is 272 g/mol. The Morgan fingerprint density at radius 1 is 1.61 bits per heavy atom. The first-order valence-corrected chi connectivity index (χ1v) is 6.04. The highest BCUT2D eigenvalue weighted by Crippen LogP contribution is 2.26. The van der Waals surface area contributed by atoms with Gasteiger partial charge in [0.1, 0.15) is 11.0 Å². The van der Waals surface area contributed by atoms with Crippen LogP contribution < -0.4 is 5.32 Å². The van der Waals surface area contributed by atoms with Gasteiger partial charge in [0.2, 0.25) is 0 Å². The molecule has 18 heavy (non-hydrogen) atoms. The summed E-state index contributed by atoms with van der Waals surface area (Å²) in [5.41, 5.74) is -0.332. The fourth-order valence-corrected chi connectivity index (χ4v) is 2.20. The number of hydrogen-bond acceptors (Lipinski definition) is 5. The van der Waals surface area contributed by atoms with Crippen LogP contribution in [-0.4, -0.2) is 28.7 Å². The van der Waals surface area contributed by atoms with Gasteiger partial charge in [-0.1, -0.05) is 11.6 Å². The molecule has 2 heterocycles. The molecule has 1 aromatic heterocycles. The standard InChI is InChI=1S/C11H14ClN3O3/c1-11(3-2-4-18-7-11)14-10-6-8(15(16)17)5-9(12)13-10/h5-6H,2-4,7H2,1H3,(H,13,14). The minimum Gasteiger partial charge on any atom is -0.379 e. The molecule has 1 unspecified atom stereocenters. The second-order valence-corrected chi connectivity index (χ2v) is 5.02. The van der Waals surface area contributed by atoms with Gasteiger partial charge in [0.25, 0.3) is 5.69 Å². The molecule has 1 aliphatic rings. The van der Waals surface area contributed by atoms with E-state index in [-0.39, 0.29) is 16.4 Å². The van der Waals surface area contributed by atoms with Gasteiger partial charge in [0, 0.05) is 6.61 Å². The van der Waals surface area contributed by atoms with Crippen LogP contribution >= 0.6 is 11.6 Å². The minimum absolute atomic E-state index is 0.0715. The summed E-state index contributed by atoms with van der Waals surface area (Å²) in [6, 6.07) is 2.61. The maximum Gasteiger partial charge on any atom is 0.276 e. The number of halogens is 1. The van der Waals surface area contributed by atoms with Crippen molar-refractivity contribution in [3.63, 3.8) is 0 Å². The SMILES string of the molecule is CC1(Nc2cc([N+](=O)[O-])cc(Cl)n2)CCCOC1. The van der Waals surface area contributed by atoms with Crippen LogP contribution in [0.3, 0.4) is 0 Å².